The lowest BCUT2D eigenvalue weighted by atomic mass is 9.93. The smallest absolute Gasteiger partial charge is 0.220 e. The zero-order valence-corrected chi connectivity index (χ0v) is 16.9. The number of fused-ring (bicyclic) bond motifs is 1. The van der Waals surface area contributed by atoms with Gasteiger partial charge in [-0.3, -0.25) is 4.79 Å². The lowest BCUT2D eigenvalue weighted by molar-refractivity contribution is -0.121. The molecule has 0 aromatic heterocycles. The highest BCUT2D eigenvalue weighted by molar-refractivity contribution is 5.90. The minimum Gasteiger partial charge on any atom is -0.507 e. The number of nitrogens with one attached hydrogen (secondary N) is 1. The van der Waals surface area contributed by atoms with E-state index in [0.717, 1.165) is 34.7 Å². The fraction of sp³-hybridized carbons (Fsp3) is 0.320. The molecule has 0 aliphatic carbocycles. The molecule has 2 N–H and O–H groups in total. The second kappa shape index (κ2) is 8.92. The second-order valence-corrected chi connectivity index (χ2v) is 7.65. The van der Waals surface area contributed by atoms with Crippen molar-refractivity contribution in [1.29, 1.82) is 0 Å². The average molecular weight is 376 g/mol. The minimum absolute atomic E-state index is 0.00680. The van der Waals surface area contributed by atoms with E-state index >= 15 is 0 Å². The number of hydrogen-bond donors (Lipinski definition) is 2. The molecule has 0 saturated heterocycles. The van der Waals surface area contributed by atoms with Crippen LogP contribution in [-0.2, 0) is 4.79 Å². The van der Waals surface area contributed by atoms with Crippen molar-refractivity contribution in [2.45, 2.75) is 52.0 Å². The predicted molar refractivity (Wildman–Crippen MR) is 116 cm³/mol. The van der Waals surface area contributed by atoms with E-state index in [-0.39, 0.29) is 17.7 Å². The zero-order chi connectivity index (χ0) is 20.1. The quantitative estimate of drug-likeness (QED) is 0.527. The molecule has 0 aliphatic heterocycles. The Bertz CT molecular complexity index is 944. The molecule has 1 atom stereocenters. The third-order valence-corrected chi connectivity index (χ3v) is 5.24. The summed E-state index contributed by atoms with van der Waals surface area (Å²) in [5.74, 6) is 0.680. The normalized spacial score (nSPS) is 12.3. The van der Waals surface area contributed by atoms with Crippen molar-refractivity contribution in [2.75, 3.05) is 0 Å². The van der Waals surface area contributed by atoms with Crippen LogP contribution in [0.3, 0.4) is 0 Å². The molecule has 0 saturated carbocycles. The van der Waals surface area contributed by atoms with Gasteiger partial charge in [-0.1, -0.05) is 87.9 Å². The fourth-order valence-corrected chi connectivity index (χ4v) is 3.49. The molecule has 3 heteroatoms. The van der Waals surface area contributed by atoms with E-state index in [2.05, 4.69) is 50.4 Å². The van der Waals surface area contributed by atoms with E-state index in [9.17, 15) is 9.90 Å². The molecule has 0 radical (unpaired) electrons. The Balaban J connectivity index is 2.03. The van der Waals surface area contributed by atoms with Crippen molar-refractivity contribution < 1.29 is 9.90 Å². The summed E-state index contributed by atoms with van der Waals surface area (Å²) >= 11 is 0. The molecule has 0 bridgehead atoms. The Hall–Kier alpha value is -2.81. The van der Waals surface area contributed by atoms with Gasteiger partial charge in [-0.05, 0) is 28.9 Å². The number of hydrogen-bond acceptors (Lipinski definition) is 2. The van der Waals surface area contributed by atoms with E-state index in [4.69, 9.17) is 0 Å². The van der Waals surface area contributed by atoms with Crippen LogP contribution in [0.15, 0.2) is 60.7 Å². The van der Waals surface area contributed by atoms with Crippen LogP contribution in [0.2, 0.25) is 0 Å². The van der Waals surface area contributed by atoms with Crippen LogP contribution in [0, 0.1) is 0 Å². The molecule has 1 unspecified atom stereocenters. The number of amides is 1. The van der Waals surface area contributed by atoms with E-state index in [0.29, 0.717) is 12.3 Å². The van der Waals surface area contributed by atoms with E-state index in [1.54, 1.807) is 0 Å². The van der Waals surface area contributed by atoms with Gasteiger partial charge in [0.2, 0.25) is 5.91 Å². The van der Waals surface area contributed by atoms with Crippen molar-refractivity contribution in [3.63, 3.8) is 0 Å². The van der Waals surface area contributed by atoms with Crippen LogP contribution < -0.4 is 5.32 Å². The first-order valence-electron chi connectivity index (χ1n) is 10.1. The van der Waals surface area contributed by atoms with Gasteiger partial charge < -0.3 is 10.4 Å². The number of carbonyl (C=O) groups is 1. The Morgan fingerprint density at radius 3 is 2.32 bits per heavy atom. The van der Waals surface area contributed by atoms with Gasteiger partial charge in [0, 0.05) is 17.4 Å². The summed E-state index contributed by atoms with van der Waals surface area (Å²) in [5.41, 5.74) is 2.95. The predicted octanol–water partition coefficient (Wildman–Crippen LogP) is 6.06. The Morgan fingerprint density at radius 1 is 0.964 bits per heavy atom. The summed E-state index contributed by atoms with van der Waals surface area (Å²) < 4.78 is 0. The van der Waals surface area contributed by atoms with Crippen LogP contribution >= 0.6 is 0 Å². The fourth-order valence-electron chi connectivity index (χ4n) is 3.49. The molecular formula is C25H29NO2. The van der Waals surface area contributed by atoms with E-state index < -0.39 is 0 Å². The van der Waals surface area contributed by atoms with E-state index in [1.165, 1.54) is 5.56 Å². The summed E-state index contributed by atoms with van der Waals surface area (Å²) in [6.45, 7) is 6.40. The van der Waals surface area contributed by atoms with Gasteiger partial charge >= 0.3 is 0 Å². The molecule has 3 aromatic carbocycles. The molecule has 3 rings (SSSR count). The number of benzene rings is 3. The Morgan fingerprint density at radius 2 is 1.64 bits per heavy atom. The maximum atomic E-state index is 12.5. The van der Waals surface area contributed by atoms with Crippen LogP contribution in [0.5, 0.6) is 5.75 Å². The summed E-state index contributed by atoms with van der Waals surface area (Å²) in [6, 6.07) is 19.6. The lowest BCUT2D eigenvalue weighted by Crippen LogP contribution is -2.29. The number of unbranched alkanes of at least 4 members (excludes halogenated alkanes) is 1. The Kier molecular flexibility index (Phi) is 6.35. The van der Waals surface area contributed by atoms with Crippen LogP contribution in [0.25, 0.3) is 10.8 Å². The largest absolute Gasteiger partial charge is 0.507 e. The first kappa shape index (κ1) is 19.9. The molecule has 0 spiro atoms. The molecule has 146 valence electrons. The third-order valence-electron chi connectivity index (χ3n) is 5.24. The first-order chi connectivity index (χ1) is 13.5. The molecular weight excluding hydrogens is 346 g/mol. The molecule has 3 aromatic rings. The van der Waals surface area contributed by atoms with Gasteiger partial charge in [0.05, 0.1) is 6.04 Å². The molecule has 28 heavy (non-hydrogen) atoms. The molecule has 3 nitrogen and oxygen atoms in total. The number of phenolic OH excluding ortho intramolecular Hbond substituents is 1. The van der Waals surface area contributed by atoms with Crippen LogP contribution in [0.4, 0.5) is 0 Å². The molecule has 1 amide bonds. The summed E-state index contributed by atoms with van der Waals surface area (Å²) in [5, 5.41) is 15.9. The molecule has 0 heterocycles. The maximum absolute atomic E-state index is 12.5. The van der Waals surface area contributed by atoms with Crippen molar-refractivity contribution in [3.8, 4) is 5.75 Å². The van der Waals surface area contributed by atoms with Crippen molar-refractivity contribution in [2.24, 2.45) is 0 Å². The molecule has 0 fully saturated rings. The third kappa shape index (κ3) is 4.36. The highest BCUT2D eigenvalue weighted by Gasteiger charge is 2.21. The van der Waals surface area contributed by atoms with E-state index in [1.807, 2.05) is 36.4 Å². The van der Waals surface area contributed by atoms with Gasteiger partial charge in [-0.15, -0.1) is 0 Å². The van der Waals surface area contributed by atoms with Crippen molar-refractivity contribution in [1.82, 2.24) is 5.32 Å². The van der Waals surface area contributed by atoms with Crippen LogP contribution in [0.1, 0.15) is 68.7 Å². The van der Waals surface area contributed by atoms with Gasteiger partial charge in [-0.2, -0.15) is 0 Å². The number of carbonyl (C=O) groups excluding carboxylic acids is 1. The van der Waals surface area contributed by atoms with Crippen LogP contribution in [-0.4, -0.2) is 11.0 Å². The van der Waals surface area contributed by atoms with Crippen molar-refractivity contribution in [3.05, 3.63) is 77.4 Å². The Labute approximate surface area is 167 Å². The molecule has 0 aliphatic rings. The first-order valence-corrected chi connectivity index (χ1v) is 10.1. The summed E-state index contributed by atoms with van der Waals surface area (Å²) in [4.78, 5) is 12.5. The summed E-state index contributed by atoms with van der Waals surface area (Å²) in [6.07, 6.45) is 2.32. The zero-order valence-electron chi connectivity index (χ0n) is 16.9. The van der Waals surface area contributed by atoms with Gasteiger partial charge in [0.15, 0.2) is 0 Å². The maximum Gasteiger partial charge on any atom is 0.220 e. The standard InChI is InChI=1S/C25H29NO2/c1-4-5-10-23(27)26-24(20-13-11-18(12-14-20)17(2)3)22-16-15-19-8-6-7-9-21(19)25(22)28/h6-9,11-17,24,28H,4-5,10H2,1-3H3,(H,26,27). The highest BCUT2D eigenvalue weighted by Crippen LogP contribution is 2.35. The topological polar surface area (TPSA) is 49.3 Å². The number of aromatic hydroxyl groups is 1. The van der Waals surface area contributed by atoms with Gasteiger partial charge in [0.1, 0.15) is 5.75 Å². The lowest BCUT2D eigenvalue weighted by Gasteiger charge is -2.22. The number of rotatable bonds is 7. The monoisotopic (exact) mass is 375 g/mol. The average Bonchev–Trinajstić information content (AvgIpc) is 2.71. The SMILES string of the molecule is CCCCC(=O)NC(c1ccc(C(C)C)cc1)c1ccc2ccccc2c1O. The van der Waals surface area contributed by atoms with Gasteiger partial charge in [-0.25, -0.2) is 0 Å². The van der Waals surface area contributed by atoms with Crippen molar-refractivity contribution >= 4 is 16.7 Å². The highest BCUT2D eigenvalue weighted by atomic mass is 16.3. The van der Waals surface area contributed by atoms with Gasteiger partial charge in [0.25, 0.3) is 0 Å². The second-order valence-electron chi connectivity index (χ2n) is 7.65. The summed E-state index contributed by atoms with van der Waals surface area (Å²) in [7, 11) is 0. The number of phenols is 1. The minimum atomic E-state index is -0.379.